The fourth-order valence-electron chi connectivity index (χ4n) is 1.55. The molecule has 1 heterocycles. The van der Waals surface area contributed by atoms with E-state index in [1.807, 2.05) is 0 Å². The van der Waals surface area contributed by atoms with Crippen molar-refractivity contribution in [2.45, 2.75) is 0 Å². The highest BCUT2D eigenvalue weighted by molar-refractivity contribution is 9.10. The van der Waals surface area contributed by atoms with Crippen LogP contribution in [0.5, 0.6) is 0 Å². The second-order valence-electron chi connectivity index (χ2n) is 3.79. The third kappa shape index (κ3) is 3.15. The van der Waals surface area contributed by atoms with Crippen molar-refractivity contribution in [2.24, 2.45) is 0 Å². The minimum Gasteiger partial charge on any atom is -0.478 e. The number of anilines is 1. The number of nitrogens with one attached hydrogen (secondary N) is 1. The number of nitrogens with zero attached hydrogens (tertiary/aromatic N) is 1. The van der Waals surface area contributed by atoms with Gasteiger partial charge in [0.2, 0.25) is 0 Å². The molecule has 0 atom stereocenters. The summed E-state index contributed by atoms with van der Waals surface area (Å²) in [6.45, 7) is 0. The molecule has 102 valence electrons. The first-order valence-electron chi connectivity index (χ1n) is 5.44. The number of amides is 1. The van der Waals surface area contributed by atoms with Crippen molar-refractivity contribution in [2.75, 3.05) is 5.32 Å². The monoisotopic (exact) mass is 354 g/mol. The molecular weight excluding hydrogens is 348 g/mol. The van der Waals surface area contributed by atoms with E-state index in [9.17, 15) is 9.59 Å². The van der Waals surface area contributed by atoms with E-state index < -0.39 is 11.9 Å². The predicted octanol–water partition coefficient (Wildman–Crippen LogP) is 3.45. The normalized spacial score (nSPS) is 10.1. The maximum absolute atomic E-state index is 12.1. The maximum atomic E-state index is 12.1. The molecule has 0 saturated carbocycles. The highest BCUT2D eigenvalue weighted by Crippen LogP contribution is 2.22. The number of carbonyl (C=O) groups is 2. The number of hydrogen-bond donors (Lipinski definition) is 2. The molecule has 1 aromatic carbocycles. The summed E-state index contributed by atoms with van der Waals surface area (Å²) in [6, 6.07) is 7.61. The van der Waals surface area contributed by atoms with Gasteiger partial charge in [-0.3, -0.25) is 4.79 Å². The number of halogens is 2. The molecule has 1 amide bonds. The molecule has 1 aromatic heterocycles. The Morgan fingerprint density at radius 1 is 1.25 bits per heavy atom. The predicted molar refractivity (Wildman–Crippen MR) is 78.3 cm³/mol. The molecule has 0 unspecified atom stereocenters. The quantitative estimate of drug-likeness (QED) is 0.827. The van der Waals surface area contributed by atoms with Crippen LogP contribution in [-0.4, -0.2) is 22.0 Å². The first-order chi connectivity index (χ1) is 9.49. The first-order valence-corrected chi connectivity index (χ1v) is 6.61. The lowest BCUT2D eigenvalue weighted by Crippen LogP contribution is -2.15. The van der Waals surface area contributed by atoms with Gasteiger partial charge in [-0.25, -0.2) is 9.78 Å². The van der Waals surface area contributed by atoms with Crippen LogP contribution >= 0.6 is 27.5 Å². The van der Waals surface area contributed by atoms with Crippen molar-refractivity contribution in [3.8, 4) is 0 Å². The zero-order chi connectivity index (χ0) is 14.7. The van der Waals surface area contributed by atoms with E-state index in [1.54, 1.807) is 12.1 Å². The molecule has 0 saturated heterocycles. The van der Waals surface area contributed by atoms with E-state index in [4.69, 9.17) is 16.7 Å². The second kappa shape index (κ2) is 6.02. The molecule has 0 radical (unpaired) electrons. The number of aromatic nitrogens is 1. The highest BCUT2D eigenvalue weighted by Gasteiger charge is 2.16. The number of rotatable bonds is 3. The molecule has 0 aliphatic rings. The maximum Gasteiger partial charge on any atom is 0.337 e. The van der Waals surface area contributed by atoms with E-state index in [0.717, 1.165) is 0 Å². The van der Waals surface area contributed by atoms with Crippen molar-refractivity contribution in [1.82, 2.24) is 4.98 Å². The summed E-state index contributed by atoms with van der Waals surface area (Å²) in [7, 11) is 0. The van der Waals surface area contributed by atoms with Crippen LogP contribution in [-0.2, 0) is 0 Å². The van der Waals surface area contributed by atoms with E-state index in [0.29, 0.717) is 4.47 Å². The summed E-state index contributed by atoms with van der Waals surface area (Å²) in [4.78, 5) is 27.0. The summed E-state index contributed by atoms with van der Waals surface area (Å²) < 4.78 is 0.604. The van der Waals surface area contributed by atoms with Gasteiger partial charge in [-0.05, 0) is 30.3 Å². The van der Waals surface area contributed by atoms with Crippen LogP contribution in [0.25, 0.3) is 0 Å². The average molecular weight is 356 g/mol. The van der Waals surface area contributed by atoms with Gasteiger partial charge in [0, 0.05) is 10.7 Å². The zero-order valence-corrected chi connectivity index (χ0v) is 12.3. The molecule has 2 aromatic rings. The second-order valence-corrected chi connectivity index (χ2v) is 5.06. The Hall–Kier alpha value is -1.92. The fraction of sp³-hybridized carbons (Fsp3) is 0. The SMILES string of the molecule is O=C(O)c1cc(Br)ccc1NC(=O)c1cccnc1Cl. The number of hydrogen-bond acceptors (Lipinski definition) is 3. The van der Waals surface area contributed by atoms with Crippen LogP contribution in [0, 0.1) is 0 Å². The Morgan fingerprint density at radius 3 is 2.65 bits per heavy atom. The van der Waals surface area contributed by atoms with Crippen molar-refractivity contribution in [1.29, 1.82) is 0 Å². The lowest BCUT2D eigenvalue weighted by atomic mass is 10.1. The standard InChI is InChI=1S/C13H8BrClN2O3/c14-7-3-4-10(9(6-7)13(19)20)17-12(18)8-2-1-5-16-11(8)15/h1-6H,(H,17,18)(H,19,20). The van der Waals surface area contributed by atoms with Crippen LogP contribution < -0.4 is 5.32 Å². The molecule has 20 heavy (non-hydrogen) atoms. The van der Waals surface area contributed by atoms with Crippen molar-refractivity contribution in [3.05, 3.63) is 57.3 Å². The third-order valence-corrected chi connectivity index (χ3v) is 3.26. The van der Waals surface area contributed by atoms with Gasteiger partial charge in [0.15, 0.2) is 0 Å². The molecular formula is C13H8BrClN2O3. The first kappa shape index (κ1) is 14.5. The topological polar surface area (TPSA) is 79.3 Å². The molecule has 5 nitrogen and oxygen atoms in total. The highest BCUT2D eigenvalue weighted by atomic mass is 79.9. The number of carboxylic acid groups (broad SMARTS) is 1. The van der Waals surface area contributed by atoms with E-state index in [2.05, 4.69) is 26.2 Å². The van der Waals surface area contributed by atoms with Gasteiger partial charge in [-0.1, -0.05) is 27.5 Å². The summed E-state index contributed by atoms with van der Waals surface area (Å²) in [6.07, 6.45) is 1.46. The van der Waals surface area contributed by atoms with Gasteiger partial charge in [-0.2, -0.15) is 0 Å². The molecule has 7 heteroatoms. The summed E-state index contributed by atoms with van der Waals surface area (Å²) in [5, 5.41) is 11.7. The van der Waals surface area contributed by atoms with Gasteiger partial charge >= 0.3 is 5.97 Å². The third-order valence-electron chi connectivity index (χ3n) is 2.46. The Morgan fingerprint density at radius 2 is 2.00 bits per heavy atom. The zero-order valence-electron chi connectivity index (χ0n) is 9.93. The van der Waals surface area contributed by atoms with E-state index in [-0.39, 0.29) is 22.0 Å². The van der Waals surface area contributed by atoms with Crippen LogP contribution in [0.2, 0.25) is 5.15 Å². The number of benzene rings is 1. The average Bonchev–Trinajstić information content (AvgIpc) is 2.41. The Bertz CT molecular complexity index is 691. The van der Waals surface area contributed by atoms with Crippen molar-refractivity contribution < 1.29 is 14.7 Å². The van der Waals surface area contributed by atoms with E-state index >= 15 is 0 Å². The fourth-order valence-corrected chi connectivity index (χ4v) is 2.11. The minimum absolute atomic E-state index is 0.0206. The van der Waals surface area contributed by atoms with Crippen LogP contribution in [0.4, 0.5) is 5.69 Å². The summed E-state index contributed by atoms with van der Waals surface area (Å²) >= 11 is 9.00. The number of carboxylic acids is 1. The largest absolute Gasteiger partial charge is 0.478 e. The van der Waals surface area contributed by atoms with Gasteiger partial charge in [0.05, 0.1) is 16.8 Å². The van der Waals surface area contributed by atoms with Crippen molar-refractivity contribution >= 4 is 45.1 Å². The Balaban J connectivity index is 2.33. The Kier molecular flexibility index (Phi) is 4.36. The molecule has 0 spiro atoms. The van der Waals surface area contributed by atoms with Gasteiger partial charge in [-0.15, -0.1) is 0 Å². The molecule has 2 N–H and O–H groups in total. The van der Waals surface area contributed by atoms with Crippen LogP contribution in [0.3, 0.4) is 0 Å². The van der Waals surface area contributed by atoms with Gasteiger partial charge < -0.3 is 10.4 Å². The van der Waals surface area contributed by atoms with E-state index in [1.165, 1.54) is 24.4 Å². The number of aromatic carboxylic acids is 1. The number of pyridine rings is 1. The molecule has 0 fully saturated rings. The minimum atomic E-state index is -1.14. The summed E-state index contributed by atoms with van der Waals surface area (Å²) in [5.41, 5.74) is 0.340. The lowest BCUT2D eigenvalue weighted by Gasteiger charge is -2.09. The lowest BCUT2D eigenvalue weighted by molar-refractivity contribution is 0.0698. The van der Waals surface area contributed by atoms with Crippen molar-refractivity contribution in [3.63, 3.8) is 0 Å². The molecule has 2 rings (SSSR count). The Labute approximate surface area is 127 Å². The molecule has 0 bridgehead atoms. The van der Waals surface area contributed by atoms with Gasteiger partial charge in [0.1, 0.15) is 5.15 Å². The summed E-state index contributed by atoms with van der Waals surface area (Å²) in [5.74, 6) is -1.66. The van der Waals surface area contributed by atoms with Crippen LogP contribution in [0.1, 0.15) is 20.7 Å². The molecule has 0 aliphatic carbocycles. The van der Waals surface area contributed by atoms with Crippen LogP contribution in [0.15, 0.2) is 41.0 Å². The van der Waals surface area contributed by atoms with Gasteiger partial charge in [0.25, 0.3) is 5.91 Å². The molecule has 0 aliphatic heterocycles. The number of carbonyl (C=O) groups excluding carboxylic acids is 1. The smallest absolute Gasteiger partial charge is 0.337 e.